The van der Waals surface area contributed by atoms with E-state index in [1.54, 1.807) is 6.33 Å². The van der Waals surface area contributed by atoms with E-state index in [9.17, 15) is 0 Å². The van der Waals surface area contributed by atoms with Gasteiger partial charge in [0.05, 0.1) is 11.2 Å². The van der Waals surface area contributed by atoms with Crippen molar-refractivity contribution in [3.05, 3.63) is 82.6 Å². The Morgan fingerprint density at radius 3 is 2.57 bits per heavy atom. The molecule has 0 spiro atoms. The third kappa shape index (κ3) is 3.96. The van der Waals surface area contributed by atoms with Crippen molar-refractivity contribution >= 4 is 22.6 Å². The first-order valence-electron chi connectivity index (χ1n) is 13.8. The first-order chi connectivity index (χ1) is 17.1. The zero-order chi connectivity index (χ0) is 24.0. The van der Waals surface area contributed by atoms with E-state index in [0.717, 1.165) is 30.0 Å². The summed E-state index contributed by atoms with van der Waals surface area (Å²) >= 11 is 0. The summed E-state index contributed by atoms with van der Waals surface area (Å²) in [5.41, 5.74) is 5.39. The van der Waals surface area contributed by atoms with Crippen molar-refractivity contribution in [3.8, 4) is 0 Å². The van der Waals surface area contributed by atoms with Crippen molar-refractivity contribution in [2.75, 3.05) is 0 Å². The van der Waals surface area contributed by atoms with Crippen molar-refractivity contribution in [2.45, 2.75) is 71.6 Å². The Bertz CT molecular complexity index is 1390. The zero-order valence-electron chi connectivity index (χ0n) is 21.5. The van der Waals surface area contributed by atoms with Crippen LogP contribution >= 0.6 is 0 Å². The highest BCUT2D eigenvalue weighted by Crippen LogP contribution is 2.63. The molecule has 0 radical (unpaired) electrons. The highest BCUT2D eigenvalue weighted by molar-refractivity contribution is 5.91. The van der Waals surface area contributed by atoms with Gasteiger partial charge in [-0.25, -0.2) is 9.97 Å². The summed E-state index contributed by atoms with van der Waals surface area (Å²) in [6.45, 7) is 7.06. The van der Waals surface area contributed by atoms with Crippen LogP contribution in [0.4, 0.5) is 0 Å². The first-order valence-corrected chi connectivity index (χ1v) is 13.8. The highest BCUT2D eigenvalue weighted by atomic mass is 14.8. The number of hydrogen-bond donors (Lipinski definition) is 0. The fourth-order valence-electron chi connectivity index (χ4n) is 7.03. The molecule has 0 amide bonds. The number of rotatable bonds is 5. The van der Waals surface area contributed by atoms with Crippen LogP contribution in [0.25, 0.3) is 22.6 Å². The van der Waals surface area contributed by atoms with Gasteiger partial charge in [-0.15, -0.1) is 0 Å². The van der Waals surface area contributed by atoms with Crippen molar-refractivity contribution in [1.29, 1.82) is 0 Å². The number of fused-ring (bicyclic) bond motifs is 2. The molecular formula is C33H38N2. The van der Waals surface area contributed by atoms with Gasteiger partial charge in [0, 0.05) is 5.39 Å². The Morgan fingerprint density at radius 1 is 1.00 bits per heavy atom. The molecule has 2 aromatic carbocycles. The summed E-state index contributed by atoms with van der Waals surface area (Å²) in [7, 11) is 0. The fourth-order valence-corrected chi connectivity index (χ4v) is 7.03. The quantitative estimate of drug-likeness (QED) is 0.385. The molecule has 2 nitrogen and oxygen atoms in total. The molecule has 3 aromatic rings. The molecule has 1 aromatic heterocycles. The first kappa shape index (κ1) is 22.7. The molecule has 2 heteroatoms. The Kier molecular flexibility index (Phi) is 5.87. The van der Waals surface area contributed by atoms with Gasteiger partial charge < -0.3 is 0 Å². The van der Waals surface area contributed by atoms with Gasteiger partial charge in [-0.3, -0.25) is 0 Å². The smallest absolute Gasteiger partial charge is 0.116 e. The van der Waals surface area contributed by atoms with Crippen LogP contribution in [0.3, 0.4) is 0 Å². The van der Waals surface area contributed by atoms with Crippen molar-refractivity contribution in [1.82, 2.24) is 9.97 Å². The van der Waals surface area contributed by atoms with Gasteiger partial charge in [0.25, 0.3) is 0 Å². The number of hydrogen-bond acceptors (Lipinski definition) is 2. The number of benzene rings is 2. The molecule has 3 atom stereocenters. The van der Waals surface area contributed by atoms with Crippen LogP contribution in [-0.2, 0) is 0 Å². The predicted molar refractivity (Wildman–Crippen MR) is 146 cm³/mol. The third-order valence-corrected chi connectivity index (χ3v) is 9.31. The van der Waals surface area contributed by atoms with Crippen LogP contribution in [0, 0.1) is 23.2 Å². The Morgan fingerprint density at radius 2 is 1.80 bits per heavy atom. The second-order valence-electron chi connectivity index (χ2n) is 11.5. The lowest BCUT2D eigenvalue weighted by molar-refractivity contribution is 0.348. The zero-order valence-corrected chi connectivity index (χ0v) is 21.5. The van der Waals surface area contributed by atoms with Crippen molar-refractivity contribution < 1.29 is 0 Å². The summed E-state index contributed by atoms with van der Waals surface area (Å²) in [5, 5.41) is 3.92. The van der Waals surface area contributed by atoms with Gasteiger partial charge in [0.1, 0.15) is 6.33 Å². The van der Waals surface area contributed by atoms with E-state index in [1.807, 2.05) is 0 Å². The maximum Gasteiger partial charge on any atom is 0.116 e. The molecular weight excluding hydrogens is 424 g/mol. The predicted octanol–water partition coefficient (Wildman–Crippen LogP) is 6.92. The van der Waals surface area contributed by atoms with Crippen LogP contribution in [-0.4, -0.2) is 9.97 Å². The summed E-state index contributed by atoms with van der Waals surface area (Å²) in [6, 6.07) is 16.0. The van der Waals surface area contributed by atoms with E-state index in [4.69, 9.17) is 9.97 Å². The average molecular weight is 463 g/mol. The second kappa shape index (κ2) is 9.04. The monoisotopic (exact) mass is 462 g/mol. The Balaban J connectivity index is 1.51. The third-order valence-electron chi connectivity index (χ3n) is 9.31. The summed E-state index contributed by atoms with van der Waals surface area (Å²) in [5.74, 6) is 2.70. The van der Waals surface area contributed by atoms with E-state index in [-0.39, 0.29) is 5.41 Å². The number of aromatic nitrogens is 2. The molecule has 2 unspecified atom stereocenters. The SMILES string of the molecule is CCC=CC1(C2CC=c3ccccc3=C2c2ncnc3cc(C4CCC(C)CC4)ccc23)C[C@@H]1C. The largest absolute Gasteiger partial charge is 0.236 e. The van der Waals surface area contributed by atoms with Gasteiger partial charge in [0.2, 0.25) is 0 Å². The molecule has 1 heterocycles. The number of allylic oxidation sites excluding steroid dienone is 2. The Hall–Kier alpha value is -2.74. The second-order valence-corrected chi connectivity index (χ2v) is 11.5. The molecule has 3 aliphatic carbocycles. The molecule has 2 fully saturated rings. The minimum atomic E-state index is 0.241. The van der Waals surface area contributed by atoms with Gasteiger partial charge in [-0.1, -0.05) is 88.2 Å². The minimum Gasteiger partial charge on any atom is -0.236 e. The van der Waals surface area contributed by atoms with Crippen LogP contribution in [0.15, 0.2) is 60.9 Å². The van der Waals surface area contributed by atoms with Crippen LogP contribution in [0.5, 0.6) is 0 Å². The molecule has 0 aliphatic heterocycles. The molecule has 0 bridgehead atoms. The lowest BCUT2D eigenvalue weighted by Gasteiger charge is -2.30. The molecule has 180 valence electrons. The summed E-state index contributed by atoms with van der Waals surface area (Å²) < 4.78 is 0. The average Bonchev–Trinajstić information content (AvgIpc) is 3.56. The molecule has 6 rings (SSSR count). The van der Waals surface area contributed by atoms with E-state index < -0.39 is 0 Å². The van der Waals surface area contributed by atoms with Gasteiger partial charge in [-0.2, -0.15) is 0 Å². The van der Waals surface area contributed by atoms with Gasteiger partial charge >= 0.3 is 0 Å². The van der Waals surface area contributed by atoms with E-state index in [2.05, 4.69) is 81.5 Å². The lowest BCUT2D eigenvalue weighted by Crippen LogP contribution is -2.36. The highest BCUT2D eigenvalue weighted by Gasteiger charge is 2.55. The maximum absolute atomic E-state index is 4.99. The maximum atomic E-state index is 4.99. The van der Waals surface area contributed by atoms with Crippen LogP contribution < -0.4 is 10.4 Å². The summed E-state index contributed by atoms with van der Waals surface area (Å²) in [4.78, 5) is 9.78. The fraction of sp³-hybridized carbons (Fsp3) is 0.455. The summed E-state index contributed by atoms with van der Waals surface area (Å²) in [6.07, 6.45) is 17.9. The normalized spacial score (nSPS) is 30.3. The molecule has 0 saturated heterocycles. The van der Waals surface area contributed by atoms with E-state index in [0.29, 0.717) is 17.8 Å². The molecule has 0 N–H and O–H groups in total. The van der Waals surface area contributed by atoms with E-state index in [1.165, 1.54) is 59.1 Å². The topological polar surface area (TPSA) is 25.8 Å². The Labute approximate surface area is 209 Å². The lowest BCUT2D eigenvalue weighted by atomic mass is 9.74. The minimum absolute atomic E-state index is 0.241. The van der Waals surface area contributed by atoms with Crippen LogP contribution in [0.1, 0.15) is 82.9 Å². The van der Waals surface area contributed by atoms with Crippen molar-refractivity contribution in [3.63, 3.8) is 0 Å². The molecule has 3 aliphatic rings. The van der Waals surface area contributed by atoms with Crippen LogP contribution in [0.2, 0.25) is 0 Å². The van der Waals surface area contributed by atoms with Gasteiger partial charge in [-0.05, 0) is 88.8 Å². The standard InChI is InChI=1S/C33H38N2/c1-4-5-18-33(20-23(33)3)29-17-15-25-8-6-7-9-27(25)31(29)32-28-16-14-26(19-30(28)34-21-35-32)24-12-10-22(2)11-13-24/h5-9,14-16,18-19,21-24,29H,4,10-13,17,20H2,1-3H3/t22?,23-,24?,29?,33?/m0/s1. The van der Waals surface area contributed by atoms with Gasteiger partial charge in [0.15, 0.2) is 0 Å². The molecule has 2 saturated carbocycles. The van der Waals surface area contributed by atoms with Crippen molar-refractivity contribution in [2.24, 2.45) is 23.2 Å². The van der Waals surface area contributed by atoms with E-state index >= 15 is 0 Å². The molecule has 35 heavy (non-hydrogen) atoms. The number of nitrogens with zero attached hydrogens (tertiary/aromatic N) is 2.